The van der Waals surface area contributed by atoms with E-state index in [9.17, 15) is 14.3 Å². The van der Waals surface area contributed by atoms with E-state index in [1.807, 2.05) is 0 Å². The number of carbonyl (C=O) groups excluding carboxylic acids is 1. The third kappa shape index (κ3) is 2.38. The second kappa shape index (κ2) is 5.06. The Kier molecular flexibility index (Phi) is 3.66. The number of aryl methyl sites for hydroxylation is 1. The smallest absolute Gasteiger partial charge is 0.254 e. The van der Waals surface area contributed by atoms with Gasteiger partial charge in [0.25, 0.3) is 5.91 Å². The van der Waals surface area contributed by atoms with E-state index in [2.05, 4.69) is 5.32 Å². The third-order valence-electron chi connectivity index (χ3n) is 3.68. The van der Waals surface area contributed by atoms with Crippen molar-refractivity contribution in [1.29, 1.82) is 0 Å². The number of hydrogen-bond donors (Lipinski definition) is 2. The van der Waals surface area contributed by atoms with E-state index < -0.39 is 17.3 Å². The van der Waals surface area contributed by atoms with Crippen molar-refractivity contribution in [2.24, 2.45) is 0 Å². The second-order valence-corrected chi connectivity index (χ2v) is 5.04. The standard InChI is InChI=1S/C14H18FNO2/c1-10-5-4-6-11(12(10)15)13(18)16-14(9-17)7-2-3-8-14/h4-6,17H,2-3,7-9H2,1H3,(H,16,18). The van der Waals surface area contributed by atoms with E-state index in [-0.39, 0.29) is 12.2 Å². The molecule has 0 aromatic heterocycles. The van der Waals surface area contributed by atoms with Crippen LogP contribution in [0, 0.1) is 12.7 Å². The molecule has 1 aromatic rings. The fourth-order valence-corrected chi connectivity index (χ4v) is 2.51. The van der Waals surface area contributed by atoms with E-state index >= 15 is 0 Å². The Hall–Kier alpha value is -1.42. The summed E-state index contributed by atoms with van der Waals surface area (Å²) < 4.78 is 13.8. The van der Waals surface area contributed by atoms with E-state index in [0.717, 1.165) is 25.7 Å². The van der Waals surface area contributed by atoms with Crippen LogP contribution in [0.2, 0.25) is 0 Å². The number of halogens is 1. The first kappa shape index (κ1) is 13.0. The van der Waals surface area contributed by atoms with Gasteiger partial charge in [-0.15, -0.1) is 0 Å². The monoisotopic (exact) mass is 251 g/mol. The molecule has 1 aromatic carbocycles. The van der Waals surface area contributed by atoms with Crippen LogP contribution < -0.4 is 5.32 Å². The first-order valence-corrected chi connectivity index (χ1v) is 6.26. The van der Waals surface area contributed by atoms with Crippen molar-refractivity contribution in [3.05, 3.63) is 35.1 Å². The molecule has 1 aliphatic rings. The Morgan fingerprint density at radius 3 is 2.72 bits per heavy atom. The molecule has 0 radical (unpaired) electrons. The van der Waals surface area contributed by atoms with Crippen molar-refractivity contribution in [2.45, 2.75) is 38.1 Å². The normalized spacial score (nSPS) is 17.7. The van der Waals surface area contributed by atoms with Crippen LogP contribution in [0.25, 0.3) is 0 Å². The fraction of sp³-hybridized carbons (Fsp3) is 0.500. The van der Waals surface area contributed by atoms with Gasteiger partial charge in [-0.25, -0.2) is 4.39 Å². The highest BCUT2D eigenvalue weighted by Crippen LogP contribution is 2.29. The van der Waals surface area contributed by atoms with Gasteiger partial charge < -0.3 is 10.4 Å². The molecule has 18 heavy (non-hydrogen) atoms. The van der Waals surface area contributed by atoms with Gasteiger partial charge in [0.15, 0.2) is 0 Å². The van der Waals surface area contributed by atoms with Crippen molar-refractivity contribution in [1.82, 2.24) is 5.32 Å². The van der Waals surface area contributed by atoms with Gasteiger partial charge in [0.1, 0.15) is 5.82 Å². The van der Waals surface area contributed by atoms with Gasteiger partial charge in [-0.2, -0.15) is 0 Å². The summed E-state index contributed by atoms with van der Waals surface area (Å²) in [7, 11) is 0. The molecule has 1 fully saturated rings. The third-order valence-corrected chi connectivity index (χ3v) is 3.68. The van der Waals surface area contributed by atoms with Crippen molar-refractivity contribution in [3.8, 4) is 0 Å². The maximum Gasteiger partial charge on any atom is 0.254 e. The Balaban J connectivity index is 2.19. The average Bonchev–Trinajstić information content (AvgIpc) is 2.81. The van der Waals surface area contributed by atoms with Gasteiger partial charge in [0, 0.05) is 0 Å². The SMILES string of the molecule is Cc1cccc(C(=O)NC2(CO)CCCC2)c1F. The lowest BCUT2D eigenvalue weighted by atomic mass is 9.98. The van der Waals surface area contributed by atoms with Crippen LogP contribution in [-0.2, 0) is 0 Å². The largest absolute Gasteiger partial charge is 0.394 e. The van der Waals surface area contributed by atoms with E-state index in [4.69, 9.17) is 0 Å². The van der Waals surface area contributed by atoms with Crippen molar-refractivity contribution in [3.63, 3.8) is 0 Å². The average molecular weight is 251 g/mol. The van der Waals surface area contributed by atoms with Crippen LogP contribution >= 0.6 is 0 Å². The maximum atomic E-state index is 13.8. The van der Waals surface area contributed by atoms with E-state index in [1.165, 1.54) is 6.07 Å². The van der Waals surface area contributed by atoms with Crippen LogP contribution in [0.15, 0.2) is 18.2 Å². The van der Waals surface area contributed by atoms with Crippen LogP contribution in [0.5, 0.6) is 0 Å². The highest BCUT2D eigenvalue weighted by atomic mass is 19.1. The Morgan fingerprint density at radius 2 is 2.11 bits per heavy atom. The first-order chi connectivity index (χ1) is 8.58. The highest BCUT2D eigenvalue weighted by molar-refractivity contribution is 5.95. The summed E-state index contributed by atoms with van der Waals surface area (Å²) in [6.45, 7) is 1.54. The Bertz CT molecular complexity index is 453. The maximum absolute atomic E-state index is 13.8. The van der Waals surface area contributed by atoms with Gasteiger partial charge in [0.2, 0.25) is 0 Å². The minimum absolute atomic E-state index is 0.0507. The summed E-state index contributed by atoms with van der Waals surface area (Å²) in [4.78, 5) is 12.1. The zero-order chi connectivity index (χ0) is 13.2. The molecule has 1 aliphatic carbocycles. The van der Waals surface area contributed by atoms with Crippen molar-refractivity contribution in [2.75, 3.05) is 6.61 Å². The predicted octanol–water partition coefficient (Wildman–Crippen LogP) is 2.17. The zero-order valence-electron chi connectivity index (χ0n) is 10.5. The Morgan fingerprint density at radius 1 is 1.44 bits per heavy atom. The summed E-state index contributed by atoms with van der Waals surface area (Å²) in [6, 6.07) is 4.76. The van der Waals surface area contributed by atoms with Gasteiger partial charge in [-0.1, -0.05) is 25.0 Å². The summed E-state index contributed by atoms with van der Waals surface area (Å²) in [5.74, 6) is -0.923. The molecular formula is C14H18FNO2. The number of amides is 1. The number of rotatable bonds is 3. The lowest BCUT2D eigenvalue weighted by Crippen LogP contribution is -2.49. The molecule has 0 unspecified atom stereocenters. The predicted molar refractivity (Wildman–Crippen MR) is 66.9 cm³/mol. The molecule has 0 bridgehead atoms. The molecule has 1 saturated carbocycles. The number of nitrogens with one attached hydrogen (secondary N) is 1. The number of carbonyl (C=O) groups is 1. The molecule has 3 nitrogen and oxygen atoms in total. The lowest BCUT2D eigenvalue weighted by Gasteiger charge is -2.28. The molecule has 0 heterocycles. The number of aliphatic hydroxyl groups is 1. The molecule has 98 valence electrons. The van der Waals surface area contributed by atoms with Gasteiger partial charge in [-0.3, -0.25) is 4.79 Å². The number of hydrogen-bond acceptors (Lipinski definition) is 2. The quantitative estimate of drug-likeness (QED) is 0.865. The highest BCUT2D eigenvalue weighted by Gasteiger charge is 2.35. The Labute approximate surface area is 106 Å². The van der Waals surface area contributed by atoms with Crippen LogP contribution in [0.3, 0.4) is 0 Å². The van der Waals surface area contributed by atoms with Gasteiger partial charge >= 0.3 is 0 Å². The lowest BCUT2D eigenvalue weighted by molar-refractivity contribution is 0.0834. The number of aliphatic hydroxyl groups excluding tert-OH is 1. The van der Waals surface area contributed by atoms with Crippen molar-refractivity contribution < 1.29 is 14.3 Å². The minimum Gasteiger partial charge on any atom is -0.394 e. The topological polar surface area (TPSA) is 49.3 Å². The molecule has 4 heteroatoms. The molecule has 0 atom stereocenters. The van der Waals surface area contributed by atoms with Crippen LogP contribution in [0.1, 0.15) is 41.6 Å². The summed E-state index contributed by atoms with van der Waals surface area (Å²) in [6.07, 6.45) is 3.47. The summed E-state index contributed by atoms with van der Waals surface area (Å²) >= 11 is 0. The second-order valence-electron chi connectivity index (χ2n) is 5.04. The van der Waals surface area contributed by atoms with E-state index in [0.29, 0.717) is 5.56 Å². The first-order valence-electron chi connectivity index (χ1n) is 6.26. The molecule has 1 amide bonds. The van der Waals surface area contributed by atoms with Crippen LogP contribution in [0.4, 0.5) is 4.39 Å². The van der Waals surface area contributed by atoms with E-state index in [1.54, 1.807) is 19.1 Å². The molecule has 0 aliphatic heterocycles. The van der Waals surface area contributed by atoms with Crippen molar-refractivity contribution >= 4 is 5.91 Å². The molecule has 2 rings (SSSR count). The van der Waals surface area contributed by atoms with Gasteiger partial charge in [0.05, 0.1) is 17.7 Å². The van der Waals surface area contributed by atoms with Crippen LogP contribution in [-0.4, -0.2) is 23.2 Å². The summed E-state index contributed by atoms with van der Waals surface area (Å²) in [5, 5.41) is 12.2. The minimum atomic E-state index is -0.562. The molecule has 0 spiro atoms. The van der Waals surface area contributed by atoms with Gasteiger partial charge in [-0.05, 0) is 31.4 Å². The number of benzene rings is 1. The molecular weight excluding hydrogens is 233 g/mol. The summed E-state index contributed by atoms with van der Waals surface area (Å²) in [5.41, 5.74) is -0.0605. The fourth-order valence-electron chi connectivity index (χ4n) is 2.51. The molecule has 2 N–H and O–H groups in total. The zero-order valence-corrected chi connectivity index (χ0v) is 10.5. The molecule has 0 saturated heterocycles.